The average molecular weight is 445 g/mol. The van der Waals surface area contributed by atoms with Crippen LogP contribution in [0.5, 0.6) is 0 Å². The number of Topliss-reactive ketones (excluding diaryl/α,β-unsaturated/α-hetero) is 1. The molecular formula is C24H17ClN4O3. The third-order valence-corrected chi connectivity index (χ3v) is 5.63. The summed E-state index contributed by atoms with van der Waals surface area (Å²) in [4.78, 5) is 39.4. The molecule has 2 aromatic heterocycles. The van der Waals surface area contributed by atoms with E-state index in [-0.39, 0.29) is 17.3 Å². The van der Waals surface area contributed by atoms with Gasteiger partial charge in [-0.3, -0.25) is 19.5 Å². The number of hydrogen-bond donors (Lipinski definition) is 2. The van der Waals surface area contributed by atoms with Crippen molar-refractivity contribution in [3.8, 4) is 0 Å². The number of pyridine rings is 1. The van der Waals surface area contributed by atoms with Crippen LogP contribution in [0, 0.1) is 6.92 Å². The topological polar surface area (TPSA) is 99.2 Å². The summed E-state index contributed by atoms with van der Waals surface area (Å²) < 4.78 is 0. The van der Waals surface area contributed by atoms with Gasteiger partial charge in [0.15, 0.2) is 0 Å². The number of aliphatic hydroxyl groups excluding tert-OH is 1. The van der Waals surface area contributed by atoms with Crippen molar-refractivity contribution in [2.24, 2.45) is 0 Å². The number of carbonyl (C=O) groups is 2. The summed E-state index contributed by atoms with van der Waals surface area (Å²) >= 11 is 6.08. The monoisotopic (exact) mass is 444 g/mol. The lowest BCUT2D eigenvalue weighted by atomic mass is 9.96. The van der Waals surface area contributed by atoms with E-state index < -0.39 is 17.7 Å². The van der Waals surface area contributed by atoms with Crippen LogP contribution in [0.25, 0.3) is 16.8 Å². The quantitative estimate of drug-likeness (QED) is 0.274. The number of aliphatic hydroxyl groups is 1. The number of aromatic amines is 1. The van der Waals surface area contributed by atoms with E-state index in [0.717, 1.165) is 11.1 Å². The molecule has 1 amide bonds. The zero-order valence-corrected chi connectivity index (χ0v) is 17.7. The van der Waals surface area contributed by atoms with E-state index in [0.29, 0.717) is 21.7 Å². The number of H-pyrrole nitrogens is 1. The van der Waals surface area contributed by atoms with E-state index in [1.807, 2.05) is 25.1 Å². The van der Waals surface area contributed by atoms with Gasteiger partial charge in [0.25, 0.3) is 5.78 Å². The van der Waals surface area contributed by atoms with Crippen LogP contribution >= 0.6 is 11.6 Å². The fourth-order valence-electron chi connectivity index (χ4n) is 3.92. The number of fused-ring (bicyclic) bond motifs is 1. The average Bonchev–Trinajstić information content (AvgIpc) is 3.32. The second-order valence-electron chi connectivity index (χ2n) is 7.55. The highest BCUT2D eigenvalue weighted by atomic mass is 35.5. The van der Waals surface area contributed by atoms with Crippen LogP contribution in [-0.2, 0) is 9.59 Å². The summed E-state index contributed by atoms with van der Waals surface area (Å²) in [5.74, 6) is -1.70. The van der Waals surface area contributed by atoms with E-state index in [1.165, 1.54) is 11.0 Å². The van der Waals surface area contributed by atoms with Gasteiger partial charge in [-0.1, -0.05) is 35.9 Å². The number of benzene rings is 2. The Hall–Kier alpha value is -3.97. The molecule has 4 aromatic rings. The van der Waals surface area contributed by atoms with Crippen molar-refractivity contribution in [3.63, 3.8) is 0 Å². The molecule has 1 aliphatic heterocycles. The van der Waals surface area contributed by atoms with Crippen LogP contribution in [0.2, 0.25) is 5.02 Å². The first-order valence-corrected chi connectivity index (χ1v) is 10.2. The minimum absolute atomic E-state index is 0.0538. The zero-order valence-electron chi connectivity index (χ0n) is 16.9. The number of imidazole rings is 1. The van der Waals surface area contributed by atoms with Crippen LogP contribution < -0.4 is 4.90 Å². The largest absolute Gasteiger partial charge is 0.507 e. The number of amides is 1. The SMILES string of the molecule is Cc1ccc2nc(N3C(=O)C(=O)/C(=C(/O)c4cccc(Cl)c4)C3c3cccnc3)[nH]c2c1. The molecule has 0 bridgehead atoms. The molecule has 7 nitrogen and oxygen atoms in total. The van der Waals surface area contributed by atoms with E-state index in [4.69, 9.17) is 11.6 Å². The third kappa shape index (κ3) is 3.23. The fourth-order valence-corrected chi connectivity index (χ4v) is 4.11. The van der Waals surface area contributed by atoms with Gasteiger partial charge in [0.05, 0.1) is 22.6 Å². The Bertz CT molecular complexity index is 1410. The molecule has 158 valence electrons. The molecular weight excluding hydrogens is 428 g/mol. The molecule has 1 atom stereocenters. The van der Waals surface area contributed by atoms with Crippen molar-refractivity contribution in [2.45, 2.75) is 13.0 Å². The molecule has 32 heavy (non-hydrogen) atoms. The highest BCUT2D eigenvalue weighted by Gasteiger charge is 2.48. The number of aromatic nitrogens is 3. The van der Waals surface area contributed by atoms with Gasteiger partial charge in [0, 0.05) is 23.0 Å². The molecule has 0 aliphatic carbocycles. The van der Waals surface area contributed by atoms with Gasteiger partial charge in [-0.15, -0.1) is 0 Å². The molecule has 8 heteroatoms. The van der Waals surface area contributed by atoms with Gasteiger partial charge in [-0.2, -0.15) is 0 Å². The fraction of sp³-hybridized carbons (Fsp3) is 0.0833. The first-order chi connectivity index (χ1) is 15.4. The molecule has 0 radical (unpaired) electrons. The maximum atomic E-state index is 13.2. The van der Waals surface area contributed by atoms with Gasteiger partial charge in [0.2, 0.25) is 5.95 Å². The van der Waals surface area contributed by atoms with Crippen molar-refractivity contribution < 1.29 is 14.7 Å². The Kier molecular flexibility index (Phi) is 4.75. The van der Waals surface area contributed by atoms with Gasteiger partial charge in [0.1, 0.15) is 5.76 Å². The number of aryl methyl sites for hydroxylation is 1. The molecule has 3 heterocycles. The summed E-state index contributed by atoms with van der Waals surface area (Å²) in [5, 5.41) is 11.5. The number of nitrogens with one attached hydrogen (secondary N) is 1. The molecule has 1 fully saturated rings. The number of carbonyl (C=O) groups excluding carboxylic acids is 2. The minimum atomic E-state index is -0.913. The van der Waals surface area contributed by atoms with E-state index in [1.54, 1.807) is 42.7 Å². The van der Waals surface area contributed by atoms with Crippen LogP contribution in [-0.4, -0.2) is 31.7 Å². The van der Waals surface area contributed by atoms with E-state index in [2.05, 4.69) is 15.0 Å². The first-order valence-electron chi connectivity index (χ1n) is 9.87. The molecule has 2 N–H and O–H groups in total. The Morgan fingerprint density at radius 3 is 2.72 bits per heavy atom. The van der Waals surface area contributed by atoms with Crippen molar-refractivity contribution in [1.29, 1.82) is 0 Å². The maximum absolute atomic E-state index is 13.2. The molecule has 2 aromatic carbocycles. The Morgan fingerprint density at radius 1 is 1.12 bits per heavy atom. The number of anilines is 1. The Labute approximate surface area is 188 Å². The van der Waals surface area contributed by atoms with E-state index in [9.17, 15) is 14.7 Å². The Balaban J connectivity index is 1.73. The van der Waals surface area contributed by atoms with Crippen molar-refractivity contribution in [1.82, 2.24) is 15.0 Å². The summed E-state index contributed by atoms with van der Waals surface area (Å²) in [6.07, 6.45) is 3.15. The zero-order chi connectivity index (χ0) is 22.4. The number of halogens is 1. The standard InChI is InChI=1S/C24H17ClN4O3/c1-13-7-8-17-18(10-13)28-24(27-17)29-20(15-5-3-9-26-12-15)19(22(31)23(29)32)21(30)14-4-2-6-16(25)11-14/h2-12,20,30H,1H3,(H,27,28)/b21-19+. The Morgan fingerprint density at radius 2 is 1.97 bits per heavy atom. The van der Waals surface area contributed by atoms with E-state index >= 15 is 0 Å². The second-order valence-corrected chi connectivity index (χ2v) is 7.98. The van der Waals surface area contributed by atoms with Crippen molar-refractivity contribution >= 4 is 46.0 Å². The molecule has 1 unspecified atom stereocenters. The van der Waals surface area contributed by atoms with Crippen LogP contribution in [0.4, 0.5) is 5.95 Å². The molecule has 1 saturated heterocycles. The lowest BCUT2D eigenvalue weighted by Gasteiger charge is -2.22. The molecule has 0 saturated carbocycles. The summed E-state index contributed by atoms with van der Waals surface area (Å²) in [6.45, 7) is 1.95. The predicted molar refractivity (Wildman–Crippen MR) is 121 cm³/mol. The van der Waals surface area contributed by atoms with Crippen LogP contribution in [0.15, 0.2) is 72.6 Å². The van der Waals surface area contributed by atoms with Gasteiger partial charge in [-0.25, -0.2) is 4.98 Å². The molecule has 5 rings (SSSR count). The lowest BCUT2D eigenvalue weighted by Crippen LogP contribution is -2.30. The predicted octanol–water partition coefficient (Wildman–Crippen LogP) is 4.55. The van der Waals surface area contributed by atoms with Crippen LogP contribution in [0.1, 0.15) is 22.7 Å². The van der Waals surface area contributed by atoms with Crippen molar-refractivity contribution in [3.05, 3.63) is 94.3 Å². The lowest BCUT2D eigenvalue weighted by molar-refractivity contribution is -0.132. The second kappa shape index (κ2) is 7.62. The van der Waals surface area contributed by atoms with Crippen LogP contribution in [0.3, 0.4) is 0 Å². The van der Waals surface area contributed by atoms with Crippen molar-refractivity contribution in [2.75, 3.05) is 4.90 Å². The van der Waals surface area contributed by atoms with Gasteiger partial charge >= 0.3 is 5.91 Å². The summed E-state index contributed by atoms with van der Waals surface area (Å²) in [6, 6.07) is 14.7. The first kappa shape index (κ1) is 20.0. The smallest absolute Gasteiger partial charge is 0.302 e. The summed E-state index contributed by atoms with van der Waals surface area (Å²) in [7, 11) is 0. The summed E-state index contributed by atoms with van der Waals surface area (Å²) in [5.41, 5.74) is 3.27. The van der Waals surface area contributed by atoms with Gasteiger partial charge in [-0.05, 0) is 48.4 Å². The molecule has 1 aliphatic rings. The number of nitrogens with zero attached hydrogens (tertiary/aromatic N) is 3. The number of ketones is 1. The number of rotatable bonds is 3. The molecule has 0 spiro atoms. The highest BCUT2D eigenvalue weighted by molar-refractivity contribution is 6.51. The van der Waals surface area contributed by atoms with Gasteiger partial charge < -0.3 is 10.1 Å². The normalized spacial score (nSPS) is 17.9. The number of hydrogen-bond acceptors (Lipinski definition) is 5. The maximum Gasteiger partial charge on any atom is 0.302 e. The highest BCUT2D eigenvalue weighted by Crippen LogP contribution is 2.41. The third-order valence-electron chi connectivity index (χ3n) is 5.40. The minimum Gasteiger partial charge on any atom is -0.507 e.